The van der Waals surface area contributed by atoms with E-state index in [1.165, 1.54) is 49.4 Å². The Morgan fingerprint density at radius 2 is 1.17 bits per heavy atom. The average Bonchev–Trinajstić information content (AvgIpc) is 3.14. The quantitative estimate of drug-likeness (QED) is 0.251. The van der Waals surface area contributed by atoms with Crippen molar-refractivity contribution in [3.63, 3.8) is 0 Å². The first-order valence-electron chi connectivity index (χ1n) is 10.1. The van der Waals surface area contributed by atoms with Gasteiger partial charge in [0.1, 0.15) is 0 Å². The predicted molar refractivity (Wildman–Crippen MR) is 131 cm³/mol. The highest BCUT2D eigenvalue weighted by atomic mass is 79.9. The second kappa shape index (κ2) is 6.86. The van der Waals surface area contributed by atoms with Gasteiger partial charge in [0.05, 0.1) is 11.0 Å². The lowest BCUT2D eigenvalue weighted by atomic mass is 9.97. The van der Waals surface area contributed by atoms with Crippen LogP contribution < -0.4 is 0 Å². The summed E-state index contributed by atoms with van der Waals surface area (Å²) in [5, 5.41) is 5.05. The number of hydrogen-bond donors (Lipinski definition) is 0. The van der Waals surface area contributed by atoms with Gasteiger partial charge in [-0.05, 0) is 52.2 Å². The number of aromatic nitrogens is 1. The van der Waals surface area contributed by atoms with Gasteiger partial charge >= 0.3 is 0 Å². The summed E-state index contributed by atoms with van der Waals surface area (Å²) in [6.45, 7) is 0. The molecule has 2 heteroatoms. The minimum absolute atomic E-state index is 1.13. The zero-order chi connectivity index (χ0) is 20.1. The molecule has 0 radical (unpaired) electrons. The molecule has 142 valence electrons. The summed E-state index contributed by atoms with van der Waals surface area (Å²) in [6, 6.07) is 39.0. The lowest BCUT2D eigenvalue weighted by Gasteiger charge is -2.11. The number of rotatable bonds is 2. The van der Waals surface area contributed by atoms with Gasteiger partial charge in [-0.2, -0.15) is 0 Å². The van der Waals surface area contributed by atoms with Crippen LogP contribution in [0.5, 0.6) is 0 Å². The maximum atomic E-state index is 3.70. The molecule has 0 aliphatic heterocycles. The molecule has 0 N–H and O–H groups in total. The van der Waals surface area contributed by atoms with Crippen molar-refractivity contribution in [2.24, 2.45) is 0 Å². The number of hydrogen-bond acceptors (Lipinski definition) is 0. The smallest absolute Gasteiger partial charge is 0.0547 e. The summed E-state index contributed by atoms with van der Waals surface area (Å²) < 4.78 is 3.50. The van der Waals surface area contributed by atoms with Crippen molar-refractivity contribution in [2.45, 2.75) is 0 Å². The third-order valence-electron chi connectivity index (χ3n) is 5.87. The molecule has 0 amide bonds. The van der Waals surface area contributed by atoms with Crippen LogP contribution in [0.2, 0.25) is 0 Å². The zero-order valence-electron chi connectivity index (χ0n) is 16.2. The lowest BCUT2D eigenvalue weighted by Crippen LogP contribution is -1.93. The molecule has 1 aromatic heterocycles. The van der Waals surface area contributed by atoms with E-state index in [1.807, 2.05) is 0 Å². The van der Waals surface area contributed by atoms with Crippen molar-refractivity contribution in [1.29, 1.82) is 0 Å². The van der Waals surface area contributed by atoms with Crippen molar-refractivity contribution in [3.8, 4) is 16.8 Å². The van der Waals surface area contributed by atoms with Gasteiger partial charge in [0.2, 0.25) is 0 Å². The minimum atomic E-state index is 1.13. The number of para-hydroxylation sites is 2. The van der Waals surface area contributed by atoms with E-state index in [0.29, 0.717) is 0 Å². The SMILES string of the molecule is Brc1ccc(-c2ccc3c4ccccc4n(-c4ccccc4)c3c2)c2ccccc12. The molecule has 6 aromatic rings. The van der Waals surface area contributed by atoms with Crippen molar-refractivity contribution in [2.75, 3.05) is 0 Å². The third kappa shape index (κ3) is 2.61. The van der Waals surface area contributed by atoms with Gasteiger partial charge in [-0.25, -0.2) is 0 Å². The standard InChI is InChI=1S/C28H18BrN/c29-26-17-16-21(22-10-4-5-11-23(22)26)19-14-15-25-24-12-6-7-13-27(24)30(28(25)18-19)20-8-2-1-3-9-20/h1-18H. The van der Waals surface area contributed by atoms with Gasteiger partial charge in [0, 0.05) is 20.9 Å². The first-order valence-corrected chi connectivity index (χ1v) is 10.9. The van der Waals surface area contributed by atoms with Crippen molar-refractivity contribution in [3.05, 3.63) is 114 Å². The predicted octanol–water partition coefficient (Wildman–Crippen LogP) is 8.37. The molecule has 0 saturated heterocycles. The topological polar surface area (TPSA) is 4.93 Å². The van der Waals surface area contributed by atoms with Gasteiger partial charge in [-0.3, -0.25) is 0 Å². The van der Waals surface area contributed by atoms with Crippen LogP contribution in [0.4, 0.5) is 0 Å². The third-order valence-corrected chi connectivity index (χ3v) is 6.56. The zero-order valence-corrected chi connectivity index (χ0v) is 17.8. The summed E-state index contributed by atoms with van der Waals surface area (Å²) in [4.78, 5) is 0. The molecule has 0 aliphatic carbocycles. The van der Waals surface area contributed by atoms with Gasteiger partial charge in [0.15, 0.2) is 0 Å². The number of halogens is 1. The van der Waals surface area contributed by atoms with Crippen LogP contribution in [-0.4, -0.2) is 4.57 Å². The fourth-order valence-electron chi connectivity index (χ4n) is 4.51. The second-order valence-corrected chi connectivity index (χ2v) is 8.41. The minimum Gasteiger partial charge on any atom is -0.309 e. The summed E-state index contributed by atoms with van der Waals surface area (Å²) in [7, 11) is 0. The van der Waals surface area contributed by atoms with Gasteiger partial charge in [-0.1, -0.05) is 94.8 Å². The van der Waals surface area contributed by atoms with Crippen LogP contribution >= 0.6 is 15.9 Å². The molecule has 1 heterocycles. The molecule has 5 aromatic carbocycles. The fraction of sp³-hybridized carbons (Fsp3) is 0. The first-order chi connectivity index (χ1) is 14.8. The summed E-state index contributed by atoms with van der Waals surface area (Å²) in [5.41, 5.74) is 6.12. The highest BCUT2D eigenvalue weighted by Gasteiger charge is 2.14. The van der Waals surface area contributed by atoms with Crippen LogP contribution in [0.1, 0.15) is 0 Å². The maximum absolute atomic E-state index is 3.70. The molecule has 0 aliphatic rings. The lowest BCUT2D eigenvalue weighted by molar-refractivity contribution is 1.18. The van der Waals surface area contributed by atoms with Crippen LogP contribution in [-0.2, 0) is 0 Å². The Labute approximate surface area is 183 Å². The fourth-order valence-corrected chi connectivity index (χ4v) is 4.99. The summed E-state index contributed by atoms with van der Waals surface area (Å²) in [6.07, 6.45) is 0. The molecule has 0 fully saturated rings. The molecule has 0 spiro atoms. The molecule has 0 unspecified atom stereocenters. The molecule has 30 heavy (non-hydrogen) atoms. The van der Waals surface area contributed by atoms with E-state index in [1.54, 1.807) is 0 Å². The van der Waals surface area contributed by atoms with Crippen LogP contribution in [0.15, 0.2) is 114 Å². The van der Waals surface area contributed by atoms with Crippen LogP contribution in [0, 0.1) is 0 Å². The van der Waals surface area contributed by atoms with E-state index in [-0.39, 0.29) is 0 Å². The van der Waals surface area contributed by atoms with Gasteiger partial charge < -0.3 is 4.57 Å². The summed E-state index contributed by atoms with van der Waals surface area (Å²) in [5.74, 6) is 0. The Balaban J connectivity index is 1.70. The maximum Gasteiger partial charge on any atom is 0.0547 e. The Kier molecular flexibility index (Phi) is 4.00. The number of fused-ring (bicyclic) bond motifs is 4. The van der Waals surface area contributed by atoms with Gasteiger partial charge in [0.25, 0.3) is 0 Å². The molecule has 6 rings (SSSR count). The second-order valence-electron chi connectivity index (χ2n) is 7.56. The largest absolute Gasteiger partial charge is 0.309 e. The monoisotopic (exact) mass is 447 g/mol. The van der Waals surface area contributed by atoms with E-state index in [9.17, 15) is 0 Å². The van der Waals surface area contributed by atoms with E-state index >= 15 is 0 Å². The van der Waals surface area contributed by atoms with Gasteiger partial charge in [-0.15, -0.1) is 0 Å². The highest BCUT2D eigenvalue weighted by Crippen LogP contribution is 2.37. The Morgan fingerprint density at radius 3 is 2.00 bits per heavy atom. The van der Waals surface area contributed by atoms with Crippen molar-refractivity contribution >= 4 is 48.5 Å². The van der Waals surface area contributed by atoms with Crippen LogP contribution in [0.25, 0.3) is 49.4 Å². The Bertz CT molecular complexity index is 1540. The Hall–Kier alpha value is -3.36. The van der Waals surface area contributed by atoms with Crippen molar-refractivity contribution in [1.82, 2.24) is 4.57 Å². The van der Waals surface area contributed by atoms with E-state index in [0.717, 1.165) is 4.47 Å². The first kappa shape index (κ1) is 17.5. The normalized spacial score (nSPS) is 11.5. The van der Waals surface area contributed by atoms with Crippen molar-refractivity contribution < 1.29 is 0 Å². The number of nitrogens with zero attached hydrogens (tertiary/aromatic N) is 1. The van der Waals surface area contributed by atoms with Crippen LogP contribution in [0.3, 0.4) is 0 Å². The Morgan fingerprint density at radius 1 is 0.500 bits per heavy atom. The molecule has 0 bridgehead atoms. The average molecular weight is 448 g/mol. The van der Waals surface area contributed by atoms with E-state index < -0.39 is 0 Å². The molecule has 1 nitrogen and oxygen atoms in total. The summed E-state index contributed by atoms with van der Waals surface area (Å²) >= 11 is 3.70. The molecular weight excluding hydrogens is 430 g/mol. The number of benzene rings is 5. The molecule has 0 saturated carbocycles. The molecule has 0 atom stereocenters. The highest BCUT2D eigenvalue weighted by molar-refractivity contribution is 9.10. The molecular formula is C28H18BrN. The van der Waals surface area contributed by atoms with E-state index in [2.05, 4.69) is 130 Å². The van der Waals surface area contributed by atoms with E-state index in [4.69, 9.17) is 0 Å².